The van der Waals surface area contributed by atoms with E-state index in [4.69, 9.17) is 9.15 Å². The average molecular weight is 361 g/mol. The Morgan fingerprint density at radius 3 is 2.59 bits per heavy atom. The molecule has 1 N–H and O–H groups in total. The standard InChI is InChI=1S/C22H19NO4/c1-23(13-15-6-3-2-4-7-15)14-18-19(24)10-9-17-21(25)20(27-22(17)18)12-16-8-5-11-26-16/h2-12,24H,13-14H2,1H3. The zero-order chi connectivity index (χ0) is 18.8. The van der Waals surface area contributed by atoms with Gasteiger partial charge in [0.05, 0.1) is 18.9 Å². The molecule has 2 aromatic carbocycles. The summed E-state index contributed by atoms with van der Waals surface area (Å²) in [6.07, 6.45) is 3.08. The van der Waals surface area contributed by atoms with Gasteiger partial charge in [0.1, 0.15) is 24.6 Å². The fraction of sp³-hybridized carbons (Fsp3) is 0.136. The second kappa shape index (κ2) is 7.13. The van der Waals surface area contributed by atoms with Crippen LogP contribution in [0.2, 0.25) is 0 Å². The molecule has 1 unspecified atom stereocenters. The van der Waals surface area contributed by atoms with Crippen LogP contribution in [-0.4, -0.2) is 12.8 Å². The zero-order valence-corrected chi connectivity index (χ0v) is 14.9. The van der Waals surface area contributed by atoms with Crippen molar-refractivity contribution in [2.75, 3.05) is 7.05 Å². The highest BCUT2D eigenvalue weighted by molar-refractivity contribution is 6.14. The van der Waals surface area contributed by atoms with Gasteiger partial charge in [-0.25, -0.2) is 0 Å². The van der Waals surface area contributed by atoms with E-state index in [9.17, 15) is 9.90 Å². The number of fused-ring (bicyclic) bond motifs is 1. The van der Waals surface area contributed by atoms with Gasteiger partial charge in [0.2, 0.25) is 5.78 Å². The Morgan fingerprint density at radius 2 is 1.85 bits per heavy atom. The zero-order valence-electron chi connectivity index (χ0n) is 14.9. The lowest BCUT2D eigenvalue weighted by Gasteiger charge is -2.20. The van der Waals surface area contributed by atoms with Crippen molar-refractivity contribution in [2.45, 2.75) is 13.1 Å². The molecule has 0 fully saturated rings. The Kier molecular flexibility index (Phi) is 4.52. The lowest BCUT2D eigenvalue weighted by atomic mass is 10.0. The third-order valence-electron chi connectivity index (χ3n) is 4.54. The third kappa shape index (κ3) is 3.50. The van der Waals surface area contributed by atoms with Crippen LogP contribution in [0.5, 0.6) is 11.5 Å². The lowest BCUT2D eigenvalue weighted by molar-refractivity contribution is -0.907. The van der Waals surface area contributed by atoms with Crippen molar-refractivity contribution in [3.05, 3.63) is 89.1 Å². The number of quaternary nitrogens is 1. The predicted octanol–water partition coefficient (Wildman–Crippen LogP) is 2.18. The highest BCUT2D eigenvalue weighted by atomic mass is 16.5. The fourth-order valence-electron chi connectivity index (χ4n) is 3.27. The molecule has 1 aromatic heterocycles. The largest absolute Gasteiger partial charge is 0.872 e. The number of carbonyl (C=O) groups is 1. The number of nitrogens with one attached hydrogen (secondary N) is 1. The number of ether oxygens (including phenoxy) is 1. The Bertz CT molecular complexity index is 991. The minimum atomic E-state index is -0.233. The van der Waals surface area contributed by atoms with Crippen molar-refractivity contribution in [1.82, 2.24) is 0 Å². The molecule has 0 radical (unpaired) electrons. The molecule has 1 atom stereocenters. The van der Waals surface area contributed by atoms with E-state index in [1.54, 1.807) is 24.3 Å². The van der Waals surface area contributed by atoms with Crippen LogP contribution in [0.4, 0.5) is 0 Å². The summed E-state index contributed by atoms with van der Waals surface area (Å²) < 4.78 is 11.0. The fourth-order valence-corrected chi connectivity index (χ4v) is 3.27. The van der Waals surface area contributed by atoms with Crippen LogP contribution in [0.3, 0.4) is 0 Å². The molecular formula is C22H19NO4. The van der Waals surface area contributed by atoms with E-state index in [1.807, 2.05) is 25.2 Å². The van der Waals surface area contributed by atoms with Gasteiger partial charge in [0.25, 0.3) is 0 Å². The molecule has 0 amide bonds. The number of hydrogen-bond donors (Lipinski definition) is 1. The topological polar surface area (TPSA) is 66.9 Å². The molecule has 3 aromatic rings. The van der Waals surface area contributed by atoms with Gasteiger partial charge >= 0.3 is 0 Å². The van der Waals surface area contributed by atoms with Crippen LogP contribution in [0.25, 0.3) is 6.08 Å². The van der Waals surface area contributed by atoms with Gasteiger partial charge in [-0.2, -0.15) is 0 Å². The van der Waals surface area contributed by atoms with Gasteiger partial charge in [-0.05, 0) is 18.2 Å². The van der Waals surface area contributed by atoms with E-state index >= 15 is 0 Å². The Balaban J connectivity index is 1.60. The highest BCUT2D eigenvalue weighted by Crippen LogP contribution is 2.38. The smallest absolute Gasteiger partial charge is 0.232 e. The third-order valence-corrected chi connectivity index (χ3v) is 4.54. The maximum Gasteiger partial charge on any atom is 0.232 e. The molecule has 0 saturated carbocycles. The van der Waals surface area contributed by atoms with Crippen LogP contribution in [0.1, 0.15) is 27.2 Å². The second-order valence-corrected chi connectivity index (χ2v) is 6.67. The molecule has 1 aliphatic rings. The van der Waals surface area contributed by atoms with E-state index < -0.39 is 0 Å². The molecule has 5 nitrogen and oxygen atoms in total. The van der Waals surface area contributed by atoms with E-state index in [2.05, 4.69) is 12.1 Å². The summed E-state index contributed by atoms with van der Waals surface area (Å²) >= 11 is 0. The lowest BCUT2D eigenvalue weighted by Crippen LogP contribution is -3.06. The maximum atomic E-state index is 12.6. The first-order chi connectivity index (χ1) is 13.1. The predicted molar refractivity (Wildman–Crippen MR) is 98.3 cm³/mol. The van der Waals surface area contributed by atoms with E-state index in [0.29, 0.717) is 29.2 Å². The van der Waals surface area contributed by atoms with Crippen LogP contribution in [0, 0.1) is 0 Å². The first-order valence-electron chi connectivity index (χ1n) is 8.77. The van der Waals surface area contributed by atoms with Gasteiger partial charge in [-0.1, -0.05) is 42.1 Å². The van der Waals surface area contributed by atoms with Gasteiger partial charge in [-0.3, -0.25) is 4.79 Å². The summed E-state index contributed by atoms with van der Waals surface area (Å²) in [7, 11) is 2.02. The van der Waals surface area contributed by atoms with E-state index in [-0.39, 0.29) is 17.3 Å². The molecule has 0 spiro atoms. The Hall–Kier alpha value is -3.31. The van der Waals surface area contributed by atoms with Crippen molar-refractivity contribution in [3.63, 3.8) is 0 Å². The summed E-state index contributed by atoms with van der Waals surface area (Å²) in [5.41, 5.74) is 2.14. The SMILES string of the molecule is C[NH+](Cc1ccccc1)Cc1c([O-])ccc2c1OC(=Cc1ccco1)C2=O. The number of ketones is 1. The van der Waals surface area contributed by atoms with Gasteiger partial charge in [0, 0.05) is 17.2 Å². The number of rotatable bonds is 5. The molecule has 136 valence electrons. The van der Waals surface area contributed by atoms with Gasteiger partial charge < -0.3 is 19.2 Å². The summed E-state index contributed by atoms with van der Waals surface area (Å²) in [5, 5.41) is 12.5. The van der Waals surface area contributed by atoms with E-state index in [1.165, 1.54) is 17.9 Å². The molecule has 0 aliphatic carbocycles. The number of allylic oxidation sites excluding steroid dienone is 1. The quantitative estimate of drug-likeness (QED) is 0.708. The first kappa shape index (κ1) is 17.1. The molecule has 1 aliphatic heterocycles. The average Bonchev–Trinajstić information content (AvgIpc) is 3.28. The molecule has 27 heavy (non-hydrogen) atoms. The molecule has 0 saturated heterocycles. The summed E-state index contributed by atoms with van der Waals surface area (Å²) in [6.45, 7) is 1.24. The number of carbonyl (C=O) groups excluding carboxylic acids is 1. The summed E-state index contributed by atoms with van der Waals surface area (Å²) in [6, 6.07) is 16.5. The number of furan rings is 1. The van der Waals surface area contributed by atoms with Crippen LogP contribution >= 0.6 is 0 Å². The van der Waals surface area contributed by atoms with Crippen molar-refractivity contribution in [1.29, 1.82) is 0 Å². The second-order valence-electron chi connectivity index (χ2n) is 6.67. The minimum Gasteiger partial charge on any atom is -0.872 e. The molecule has 0 bridgehead atoms. The Labute approximate surface area is 157 Å². The molecule has 2 heterocycles. The van der Waals surface area contributed by atoms with Crippen molar-refractivity contribution < 1.29 is 24.0 Å². The summed E-state index contributed by atoms with van der Waals surface area (Å²) in [5.74, 6) is 0.726. The van der Waals surface area contributed by atoms with Gasteiger partial charge in [0.15, 0.2) is 5.76 Å². The highest BCUT2D eigenvalue weighted by Gasteiger charge is 2.31. The first-order valence-corrected chi connectivity index (χ1v) is 8.77. The number of hydrogen-bond acceptors (Lipinski definition) is 4. The molecule has 5 heteroatoms. The molecular weight excluding hydrogens is 342 g/mol. The Morgan fingerprint density at radius 1 is 1.04 bits per heavy atom. The normalized spacial score (nSPS) is 15.6. The van der Waals surface area contributed by atoms with Crippen molar-refractivity contribution >= 4 is 11.9 Å². The monoisotopic (exact) mass is 361 g/mol. The minimum absolute atomic E-state index is 0.117. The molecule has 4 rings (SSSR count). The van der Waals surface area contributed by atoms with Crippen LogP contribution in [0.15, 0.2) is 71.0 Å². The van der Waals surface area contributed by atoms with Gasteiger partial charge in [-0.15, -0.1) is 0 Å². The van der Waals surface area contributed by atoms with E-state index in [0.717, 1.165) is 11.4 Å². The van der Waals surface area contributed by atoms with Crippen LogP contribution < -0.4 is 14.7 Å². The maximum absolute atomic E-state index is 12.6. The number of Topliss-reactive ketones (excluding diaryl/α,β-unsaturated/α-hetero) is 1. The van der Waals surface area contributed by atoms with Crippen LogP contribution in [-0.2, 0) is 13.1 Å². The van der Waals surface area contributed by atoms with Crippen molar-refractivity contribution in [3.8, 4) is 11.5 Å². The summed E-state index contributed by atoms with van der Waals surface area (Å²) in [4.78, 5) is 13.8. The van der Waals surface area contributed by atoms with Crippen molar-refractivity contribution in [2.24, 2.45) is 0 Å². The number of benzene rings is 2.